The number of aromatic amines is 1. The van der Waals surface area contributed by atoms with Gasteiger partial charge in [-0.25, -0.2) is 9.78 Å². The largest absolute Gasteiger partial charge is 0.480 e. The van der Waals surface area contributed by atoms with Crippen LogP contribution in [-0.2, 0) is 16.8 Å². The summed E-state index contributed by atoms with van der Waals surface area (Å²) in [6.45, 7) is 6.05. The highest BCUT2D eigenvalue weighted by molar-refractivity contribution is 5.81. The third kappa shape index (κ3) is 1.95. The van der Waals surface area contributed by atoms with Gasteiger partial charge in [0.05, 0.1) is 12.0 Å². The van der Waals surface area contributed by atoms with E-state index in [4.69, 9.17) is 0 Å². The highest BCUT2D eigenvalue weighted by Gasteiger charge is 2.47. The zero-order valence-electron chi connectivity index (χ0n) is 10.4. The molecule has 94 valence electrons. The Balaban J connectivity index is 2.49. The predicted molar refractivity (Wildman–Crippen MR) is 63.7 cm³/mol. The Morgan fingerprint density at radius 1 is 1.71 bits per heavy atom. The van der Waals surface area contributed by atoms with Crippen LogP contribution >= 0.6 is 0 Å². The molecule has 2 heterocycles. The lowest BCUT2D eigenvalue weighted by Crippen LogP contribution is -2.57. The van der Waals surface area contributed by atoms with Crippen LogP contribution in [-0.4, -0.2) is 27.1 Å². The molecule has 0 amide bonds. The molecule has 0 spiro atoms. The maximum atomic E-state index is 11.7. The van der Waals surface area contributed by atoms with Crippen LogP contribution in [0.5, 0.6) is 0 Å². The number of aromatic nitrogens is 2. The van der Waals surface area contributed by atoms with Gasteiger partial charge in [0.25, 0.3) is 0 Å². The lowest BCUT2D eigenvalue weighted by Gasteiger charge is -2.38. The number of nitrogens with zero attached hydrogens (tertiary/aromatic N) is 1. The van der Waals surface area contributed by atoms with Gasteiger partial charge in [-0.1, -0.05) is 13.8 Å². The molecule has 0 saturated carbocycles. The summed E-state index contributed by atoms with van der Waals surface area (Å²) in [4.78, 5) is 19.0. The van der Waals surface area contributed by atoms with Gasteiger partial charge in [0.1, 0.15) is 0 Å². The van der Waals surface area contributed by atoms with Crippen molar-refractivity contribution in [3.63, 3.8) is 0 Å². The smallest absolute Gasteiger partial charge is 0.330 e. The van der Waals surface area contributed by atoms with Crippen LogP contribution in [0.1, 0.15) is 38.6 Å². The Morgan fingerprint density at radius 2 is 2.41 bits per heavy atom. The van der Waals surface area contributed by atoms with Gasteiger partial charge in [-0.2, -0.15) is 0 Å². The summed E-state index contributed by atoms with van der Waals surface area (Å²) in [6, 6.07) is 0.137. The Labute approximate surface area is 101 Å². The molecule has 2 atom stereocenters. The van der Waals surface area contributed by atoms with Crippen LogP contribution in [0.25, 0.3) is 0 Å². The molecule has 2 rings (SSSR count). The second kappa shape index (κ2) is 4.14. The van der Waals surface area contributed by atoms with Crippen molar-refractivity contribution in [2.24, 2.45) is 5.92 Å². The minimum Gasteiger partial charge on any atom is -0.480 e. The number of carbonyl (C=O) groups is 1. The van der Waals surface area contributed by atoms with Gasteiger partial charge in [0.2, 0.25) is 0 Å². The van der Waals surface area contributed by atoms with Crippen molar-refractivity contribution in [3.05, 3.63) is 17.7 Å². The van der Waals surface area contributed by atoms with E-state index in [-0.39, 0.29) is 12.0 Å². The van der Waals surface area contributed by atoms with Gasteiger partial charge in [0, 0.05) is 18.2 Å². The zero-order valence-corrected chi connectivity index (χ0v) is 10.4. The van der Waals surface area contributed by atoms with E-state index >= 15 is 0 Å². The maximum absolute atomic E-state index is 11.7. The summed E-state index contributed by atoms with van der Waals surface area (Å²) in [5.41, 5.74) is 0.553. The van der Waals surface area contributed by atoms with E-state index in [1.54, 1.807) is 6.33 Å². The van der Waals surface area contributed by atoms with Gasteiger partial charge < -0.3 is 10.1 Å². The fraction of sp³-hybridized carbons (Fsp3) is 0.667. The Morgan fingerprint density at radius 3 is 3.00 bits per heavy atom. The van der Waals surface area contributed by atoms with Crippen LogP contribution in [0.4, 0.5) is 0 Å². The van der Waals surface area contributed by atoms with Crippen LogP contribution < -0.4 is 5.32 Å². The molecule has 1 aromatic rings. The lowest BCUT2D eigenvalue weighted by molar-refractivity contribution is -0.147. The third-order valence-corrected chi connectivity index (χ3v) is 3.21. The molecule has 0 saturated heterocycles. The molecule has 0 fully saturated rings. The first kappa shape index (κ1) is 12.1. The highest BCUT2D eigenvalue weighted by Crippen LogP contribution is 2.34. The standard InChI is InChI=1S/C12H19N3O2/c1-7(2)5-12(11(16)17)10-9(13-6-14-10)4-8(3)15-12/h6-8,15H,4-5H2,1-3H3,(H,13,14)(H,16,17)/t8-,12-/m1/s1. The number of H-pyrrole nitrogens is 1. The van der Waals surface area contributed by atoms with Crippen LogP contribution in [0.2, 0.25) is 0 Å². The average molecular weight is 237 g/mol. The topological polar surface area (TPSA) is 78.0 Å². The minimum atomic E-state index is -1.04. The molecule has 5 nitrogen and oxygen atoms in total. The fourth-order valence-electron chi connectivity index (χ4n) is 2.71. The Bertz CT molecular complexity index is 427. The van der Waals surface area contributed by atoms with Crippen LogP contribution in [0, 0.1) is 5.92 Å². The van der Waals surface area contributed by atoms with Crippen LogP contribution in [0.15, 0.2) is 6.33 Å². The van der Waals surface area contributed by atoms with Crippen molar-refractivity contribution in [2.45, 2.75) is 45.2 Å². The van der Waals surface area contributed by atoms with E-state index in [0.29, 0.717) is 12.1 Å². The number of hydrogen-bond donors (Lipinski definition) is 3. The fourth-order valence-corrected chi connectivity index (χ4v) is 2.71. The molecule has 0 bridgehead atoms. The number of fused-ring (bicyclic) bond motifs is 1. The maximum Gasteiger partial charge on any atom is 0.330 e. The summed E-state index contributed by atoms with van der Waals surface area (Å²) in [5.74, 6) is -0.556. The molecule has 5 heteroatoms. The van der Waals surface area contributed by atoms with Crippen molar-refractivity contribution >= 4 is 5.97 Å². The number of carboxylic acids is 1. The van der Waals surface area contributed by atoms with Gasteiger partial charge >= 0.3 is 5.97 Å². The molecule has 1 aromatic heterocycles. The first-order valence-electron chi connectivity index (χ1n) is 5.99. The number of hydrogen-bond acceptors (Lipinski definition) is 3. The molecular formula is C12H19N3O2. The summed E-state index contributed by atoms with van der Waals surface area (Å²) < 4.78 is 0. The Hall–Kier alpha value is -1.36. The van der Waals surface area contributed by atoms with E-state index in [2.05, 4.69) is 15.3 Å². The van der Waals surface area contributed by atoms with Gasteiger partial charge in [-0.15, -0.1) is 0 Å². The molecule has 0 aliphatic carbocycles. The minimum absolute atomic E-state index is 0.137. The van der Waals surface area contributed by atoms with Crippen molar-refractivity contribution in [2.75, 3.05) is 0 Å². The van der Waals surface area contributed by atoms with Crippen molar-refractivity contribution in [1.29, 1.82) is 0 Å². The molecular weight excluding hydrogens is 218 g/mol. The van der Waals surface area contributed by atoms with E-state index in [0.717, 1.165) is 12.1 Å². The summed E-state index contributed by atoms with van der Waals surface area (Å²) in [6.07, 6.45) is 2.93. The SMILES string of the molecule is CC(C)C[C@@]1(C(=O)O)N[C@H](C)Cc2[nH]cnc21. The zero-order chi connectivity index (χ0) is 12.6. The number of carboxylic acid groups (broad SMARTS) is 1. The second-order valence-corrected chi connectivity index (χ2v) is 5.29. The summed E-state index contributed by atoms with van der Waals surface area (Å²) in [5, 5.41) is 12.8. The molecule has 0 unspecified atom stereocenters. The number of rotatable bonds is 3. The van der Waals surface area contributed by atoms with Crippen molar-refractivity contribution in [3.8, 4) is 0 Å². The van der Waals surface area contributed by atoms with Gasteiger partial charge in [-0.3, -0.25) is 5.32 Å². The van der Waals surface area contributed by atoms with E-state index in [1.807, 2.05) is 20.8 Å². The van der Waals surface area contributed by atoms with E-state index in [9.17, 15) is 9.90 Å². The highest BCUT2D eigenvalue weighted by atomic mass is 16.4. The molecule has 17 heavy (non-hydrogen) atoms. The molecule has 0 radical (unpaired) electrons. The summed E-state index contributed by atoms with van der Waals surface area (Å²) >= 11 is 0. The first-order valence-corrected chi connectivity index (χ1v) is 5.99. The Kier molecular flexibility index (Phi) is 2.95. The lowest BCUT2D eigenvalue weighted by atomic mass is 9.80. The van der Waals surface area contributed by atoms with E-state index < -0.39 is 11.5 Å². The number of aliphatic carboxylic acids is 1. The molecule has 3 N–H and O–H groups in total. The molecule has 1 aliphatic rings. The van der Waals surface area contributed by atoms with E-state index in [1.165, 1.54) is 0 Å². The van der Waals surface area contributed by atoms with Gasteiger partial charge in [0.15, 0.2) is 5.54 Å². The van der Waals surface area contributed by atoms with Crippen molar-refractivity contribution in [1.82, 2.24) is 15.3 Å². The number of imidazole rings is 1. The normalized spacial score (nSPS) is 28.1. The van der Waals surface area contributed by atoms with Crippen molar-refractivity contribution < 1.29 is 9.90 Å². The monoisotopic (exact) mass is 237 g/mol. The quantitative estimate of drug-likeness (QED) is 0.739. The second-order valence-electron chi connectivity index (χ2n) is 5.29. The van der Waals surface area contributed by atoms with Crippen LogP contribution in [0.3, 0.4) is 0 Å². The number of nitrogens with one attached hydrogen (secondary N) is 2. The summed E-state index contributed by atoms with van der Waals surface area (Å²) in [7, 11) is 0. The predicted octanol–water partition coefficient (Wildman–Crippen LogP) is 1.27. The third-order valence-electron chi connectivity index (χ3n) is 3.21. The molecule has 1 aliphatic heterocycles. The molecule has 0 aromatic carbocycles. The average Bonchev–Trinajstić information content (AvgIpc) is 2.64. The first-order chi connectivity index (χ1) is 7.95. The van der Waals surface area contributed by atoms with Gasteiger partial charge in [-0.05, 0) is 19.3 Å².